The van der Waals surface area contributed by atoms with E-state index in [-0.39, 0.29) is 31.7 Å². The second-order valence-corrected chi connectivity index (χ2v) is 23.4. The van der Waals surface area contributed by atoms with E-state index in [2.05, 4.69) is 16.0 Å². The van der Waals surface area contributed by atoms with E-state index in [4.69, 9.17) is 4.74 Å². The second-order valence-electron chi connectivity index (χ2n) is 23.4. The first kappa shape index (κ1) is 65.2. The third-order valence-corrected chi connectivity index (χ3v) is 15.9. The maximum Gasteiger partial charge on any atom is 0.329 e. The largest absolute Gasteiger partial charge is 0.450 e. The molecule has 2 aliphatic rings. The third-order valence-electron chi connectivity index (χ3n) is 15.9. The van der Waals surface area contributed by atoms with E-state index in [0.29, 0.717) is 30.4 Å². The molecule has 8 amide bonds. The van der Waals surface area contributed by atoms with Crippen molar-refractivity contribution in [1.29, 1.82) is 0 Å². The summed E-state index contributed by atoms with van der Waals surface area (Å²) in [5, 5.41) is 21.1. The molecule has 0 radical (unpaired) electrons. The molecule has 0 spiro atoms. The molecular weight excluding hydrogens is 1010 g/mol. The van der Waals surface area contributed by atoms with Crippen LogP contribution in [0.25, 0.3) is 0 Å². The highest BCUT2D eigenvalue weighted by molar-refractivity contribution is 5.99. The molecule has 2 aromatic rings. The molecule has 2 fully saturated rings. The van der Waals surface area contributed by atoms with Gasteiger partial charge in [0.15, 0.2) is 6.10 Å². The number of rotatable bonds is 13. The average molecular weight is 1100 g/mol. The molecule has 19 nitrogen and oxygen atoms in total. The average Bonchev–Trinajstić information content (AvgIpc) is 3.94. The highest BCUT2D eigenvalue weighted by Crippen LogP contribution is 2.29. The van der Waals surface area contributed by atoms with Crippen LogP contribution in [0.15, 0.2) is 60.7 Å². The summed E-state index contributed by atoms with van der Waals surface area (Å²) in [5.41, 5.74) is 0.951. The van der Waals surface area contributed by atoms with E-state index in [1.165, 1.54) is 47.8 Å². The van der Waals surface area contributed by atoms with Crippen molar-refractivity contribution in [2.24, 2.45) is 35.5 Å². The van der Waals surface area contributed by atoms with Crippen LogP contribution in [-0.4, -0.2) is 172 Å². The normalized spacial score (nSPS) is 26.8. The lowest BCUT2D eigenvalue weighted by atomic mass is 9.92. The Balaban J connectivity index is 1.98. The van der Waals surface area contributed by atoms with Crippen LogP contribution in [0.4, 0.5) is 0 Å². The van der Waals surface area contributed by atoms with Gasteiger partial charge in [0.1, 0.15) is 54.4 Å². The second kappa shape index (κ2) is 29.2. The van der Waals surface area contributed by atoms with Gasteiger partial charge in [-0.05, 0) is 65.9 Å². The summed E-state index contributed by atoms with van der Waals surface area (Å²) < 4.78 is 6.10. The van der Waals surface area contributed by atoms with E-state index in [0.717, 1.165) is 4.90 Å². The van der Waals surface area contributed by atoms with Gasteiger partial charge in [0.05, 0.1) is 0 Å². The maximum absolute atomic E-state index is 15.3. The number of ether oxygens (including phenoxy) is 1. The van der Waals surface area contributed by atoms with Gasteiger partial charge in [-0.25, -0.2) is 4.79 Å². The van der Waals surface area contributed by atoms with Crippen molar-refractivity contribution >= 4 is 53.2 Å². The van der Waals surface area contributed by atoms with Crippen molar-refractivity contribution in [3.05, 3.63) is 71.8 Å². The van der Waals surface area contributed by atoms with E-state index in [9.17, 15) is 38.7 Å². The fraction of sp³-hybridized carbons (Fsp3) is 0.650. The lowest BCUT2D eigenvalue weighted by molar-refractivity contribution is -0.171. The Morgan fingerprint density at radius 2 is 1.04 bits per heavy atom. The molecule has 0 saturated carbocycles. The molecule has 4 N–H and O–H groups in total. The van der Waals surface area contributed by atoms with E-state index in [1.54, 1.807) is 109 Å². The van der Waals surface area contributed by atoms with Crippen LogP contribution in [0.2, 0.25) is 0 Å². The van der Waals surface area contributed by atoms with E-state index in [1.807, 2.05) is 34.6 Å². The van der Waals surface area contributed by atoms with Crippen molar-refractivity contribution in [2.45, 2.75) is 182 Å². The minimum Gasteiger partial charge on any atom is -0.450 e. The van der Waals surface area contributed by atoms with Crippen molar-refractivity contribution in [1.82, 2.24) is 40.4 Å². The minimum atomic E-state index is -1.64. The number of amides is 8. The maximum atomic E-state index is 15.3. The molecule has 0 aromatic heterocycles. The number of nitrogens with zero attached hydrogens (tertiary/aromatic N) is 5. The highest BCUT2D eigenvalue weighted by atomic mass is 16.6. The standard InChI is InChI=1S/C60H92N8O11/c1-17-38(11)45-57(75)66(15)48(39(12)18-2)54(72)61-42(32-34(3)4)55(73)65(14)47(36(7)8)60(78)79-51(37(9)10)59(77)64(13)46(35(5)6)53(71)62-43(33-40-26-21-19-22-27-40)56(74)67(16)49(50(69)41-28-23-20-24-29-41)58(76)68-31-25-30-44(68)52(70)63-45/h19-24,26-29,34-39,42-51,69H,17-18,25,30-33H2,1-16H3,(H,61,72)(H,62,71)(H,63,70)/t38-,39-,42+,43+,44+,45+,46+,47+,48+,49+,50?,51-/m1/s1. The van der Waals surface area contributed by atoms with Gasteiger partial charge in [0, 0.05) is 41.2 Å². The lowest BCUT2D eigenvalue weighted by Gasteiger charge is -2.39. The number of aliphatic hydroxyl groups excluding tert-OH is 1. The number of aliphatic hydroxyl groups is 1. The summed E-state index contributed by atoms with van der Waals surface area (Å²) in [6.07, 6.45) is -1.51. The first-order valence-electron chi connectivity index (χ1n) is 28.4. The molecule has 19 heteroatoms. The molecule has 2 aliphatic heterocycles. The molecule has 2 heterocycles. The number of nitrogens with one attached hydrogen (secondary N) is 3. The molecule has 2 saturated heterocycles. The summed E-state index contributed by atoms with van der Waals surface area (Å²) in [5.74, 6) is -9.05. The Morgan fingerprint density at radius 3 is 1.57 bits per heavy atom. The van der Waals surface area contributed by atoms with Crippen LogP contribution in [0, 0.1) is 35.5 Å². The Bertz CT molecular complexity index is 2420. The Hall–Kier alpha value is -6.37. The molecule has 1 unspecified atom stereocenters. The Morgan fingerprint density at radius 1 is 0.544 bits per heavy atom. The molecule has 2 aromatic carbocycles. The van der Waals surface area contributed by atoms with Crippen LogP contribution in [-0.2, 0) is 54.3 Å². The predicted octanol–water partition coefficient (Wildman–Crippen LogP) is 4.75. The fourth-order valence-corrected chi connectivity index (χ4v) is 11.0. The molecule has 0 bridgehead atoms. The quantitative estimate of drug-likeness (QED) is 0.200. The zero-order valence-electron chi connectivity index (χ0n) is 49.7. The topological polar surface area (TPSA) is 235 Å². The highest BCUT2D eigenvalue weighted by Gasteiger charge is 2.47. The molecule has 0 aliphatic carbocycles. The predicted molar refractivity (Wildman–Crippen MR) is 301 cm³/mol. The number of likely N-dealkylation sites (N-methyl/N-ethyl adjacent to an activating group) is 4. The number of fused-ring (bicyclic) bond motifs is 1. The van der Waals surface area contributed by atoms with Gasteiger partial charge in [-0.2, -0.15) is 0 Å². The van der Waals surface area contributed by atoms with Gasteiger partial charge in [0.25, 0.3) is 5.91 Å². The number of benzene rings is 2. The summed E-state index contributed by atoms with van der Waals surface area (Å²) >= 11 is 0. The molecule has 12 atom stereocenters. The lowest BCUT2D eigenvalue weighted by Crippen LogP contribution is -2.62. The van der Waals surface area contributed by atoms with Crippen LogP contribution in [0.3, 0.4) is 0 Å². The van der Waals surface area contributed by atoms with E-state index < -0.39 is 143 Å². The number of hydrogen-bond donors (Lipinski definition) is 4. The van der Waals surface area contributed by atoms with Gasteiger partial charge in [0.2, 0.25) is 41.4 Å². The van der Waals surface area contributed by atoms with Gasteiger partial charge in [-0.1, -0.05) is 157 Å². The third kappa shape index (κ3) is 15.9. The zero-order valence-corrected chi connectivity index (χ0v) is 49.7. The van der Waals surface area contributed by atoms with E-state index >= 15 is 9.59 Å². The number of hydrogen-bond acceptors (Lipinski definition) is 11. The summed E-state index contributed by atoms with van der Waals surface area (Å²) in [4.78, 5) is 140. The Kier molecular flexibility index (Phi) is 24.1. The van der Waals surface area contributed by atoms with Gasteiger partial charge in [-0.3, -0.25) is 38.4 Å². The van der Waals surface area contributed by atoms with Gasteiger partial charge in [-0.15, -0.1) is 0 Å². The monoisotopic (exact) mass is 1100 g/mol. The van der Waals surface area contributed by atoms with Gasteiger partial charge < -0.3 is 50.3 Å². The van der Waals surface area contributed by atoms with Crippen molar-refractivity contribution < 1.29 is 53.0 Å². The number of carbonyl (C=O) groups excluding carboxylic acids is 9. The number of cyclic esters (lactones) is 1. The molecule has 4 rings (SSSR count). The van der Waals surface area contributed by atoms with Crippen molar-refractivity contribution in [3.8, 4) is 0 Å². The molecular formula is C60H92N8O11. The first-order valence-corrected chi connectivity index (χ1v) is 28.4. The first-order chi connectivity index (χ1) is 37.1. The van der Waals surface area contributed by atoms with Crippen LogP contribution < -0.4 is 16.0 Å². The van der Waals surface area contributed by atoms with Crippen molar-refractivity contribution in [3.63, 3.8) is 0 Å². The summed E-state index contributed by atoms with van der Waals surface area (Å²) in [7, 11) is 5.70. The number of carbonyl (C=O) groups is 9. The molecule has 438 valence electrons. The van der Waals surface area contributed by atoms with Crippen LogP contribution in [0.1, 0.15) is 132 Å². The van der Waals surface area contributed by atoms with Crippen LogP contribution >= 0.6 is 0 Å². The smallest absolute Gasteiger partial charge is 0.329 e. The number of esters is 1. The fourth-order valence-electron chi connectivity index (χ4n) is 11.0. The van der Waals surface area contributed by atoms with Crippen LogP contribution in [0.5, 0.6) is 0 Å². The summed E-state index contributed by atoms with van der Waals surface area (Å²) in [6, 6.07) is 7.12. The Labute approximate surface area is 469 Å². The minimum absolute atomic E-state index is 0.0686. The zero-order chi connectivity index (χ0) is 59.3. The van der Waals surface area contributed by atoms with Crippen molar-refractivity contribution in [2.75, 3.05) is 34.7 Å². The van der Waals surface area contributed by atoms with Gasteiger partial charge >= 0.3 is 5.97 Å². The SMILES string of the molecule is CC[C@@H](C)[C@@H]1NC(=O)[C@@H]2CCCN2C(=O)[C@H](C(O)c2ccccc2)N(C)C(=O)[C@H](Cc2ccccc2)NC(=O)[C@H](C(C)C)N(C)C(=O)[C@@H](C(C)C)OC(=O)[C@H](C(C)C)N(C)C(=O)[C@H](CC(C)C)NC(=O)[C@H]([C@H](C)CC)N(C)C1=O. The summed E-state index contributed by atoms with van der Waals surface area (Å²) in [6.45, 7) is 21.5. The molecule has 79 heavy (non-hydrogen) atoms.